The Bertz CT molecular complexity index is 548. The van der Waals surface area contributed by atoms with Gasteiger partial charge in [0.25, 0.3) is 0 Å². The molecule has 132 valence electrons. The van der Waals surface area contributed by atoms with Crippen LogP contribution in [0.2, 0.25) is 0 Å². The topological polar surface area (TPSA) is 192 Å². The van der Waals surface area contributed by atoms with Gasteiger partial charge in [0.1, 0.15) is 0 Å². The zero-order valence-electron chi connectivity index (χ0n) is 11.9. The molecule has 0 spiro atoms. The van der Waals surface area contributed by atoms with Gasteiger partial charge in [0, 0.05) is 24.3 Å². The predicted molar refractivity (Wildman–Crippen MR) is 51.5 cm³/mol. The first-order valence-electron chi connectivity index (χ1n) is 6.11. The molecule has 0 aliphatic carbocycles. The lowest BCUT2D eigenvalue weighted by molar-refractivity contribution is -2.00. The van der Waals surface area contributed by atoms with E-state index in [1.807, 2.05) is 0 Å². The second-order valence-electron chi connectivity index (χ2n) is 4.40. The molecule has 3 rings (SSSR count). The van der Waals surface area contributed by atoms with Crippen LogP contribution in [-0.4, -0.2) is 0 Å². The van der Waals surface area contributed by atoms with Crippen LogP contribution >= 0.6 is 0 Å². The van der Waals surface area contributed by atoms with E-state index in [9.17, 15) is 0 Å². The Hall–Kier alpha value is -1.44. The molecule has 10 nitrogen and oxygen atoms in total. The maximum Gasteiger partial charge on any atom is 0.247 e. The van der Waals surface area contributed by atoms with E-state index in [0.29, 0.717) is 0 Å². The van der Waals surface area contributed by atoms with Crippen molar-refractivity contribution in [1.29, 1.82) is 0 Å². The Morgan fingerprint density at radius 1 is 0.583 bits per heavy atom. The Kier molecular flexibility index (Phi) is 7.38. The number of fused-ring (bicyclic) bond motifs is 2. The predicted octanol–water partition coefficient (Wildman–Crippen LogP) is -8.84. The number of hydrogen-bond donors (Lipinski definition) is 0. The molecule has 1 aliphatic heterocycles. The molecule has 24 heavy (non-hydrogen) atoms. The number of halogens is 2. The monoisotopic (exact) mass is 382 g/mol. The van der Waals surface area contributed by atoms with Crippen LogP contribution in [0.15, 0.2) is 48.8 Å². The molecule has 0 N–H and O–H groups in total. The summed E-state index contributed by atoms with van der Waals surface area (Å²) >= 11 is 0. The van der Waals surface area contributed by atoms with Crippen LogP contribution in [0.5, 0.6) is 0 Å². The maximum absolute atomic E-state index is 8.49. The van der Waals surface area contributed by atoms with Gasteiger partial charge in [0.2, 0.25) is 24.5 Å². The van der Waals surface area contributed by atoms with Crippen molar-refractivity contribution < 1.29 is 66.9 Å². The largest absolute Gasteiger partial charge is 0.247 e. The first-order valence-corrected chi connectivity index (χ1v) is 8.58. The minimum atomic E-state index is -4.94. The standard InChI is InChI=1S/C12H12N2.2ClHO4/c1-3-7-13-10-12-6-2-4-8-14(12)9-11(13)5-1;2*2-1(3,4)5/h1-8H,9-10H2;2*(H,2,3,4,5)/q+2;;/p-2. The van der Waals surface area contributed by atoms with Crippen LogP contribution in [0.4, 0.5) is 0 Å². The molecule has 0 atom stereocenters. The third-order valence-corrected chi connectivity index (χ3v) is 2.73. The SMILES string of the molecule is [O-][Cl+3]([O-])([O-])[O-].[O-][Cl+3]([O-])([O-])[O-].c1cc[n+]2c(c1)C[n+]1ccccc1C2. The Balaban J connectivity index is 0.000000243. The molecule has 0 amide bonds. The van der Waals surface area contributed by atoms with Gasteiger partial charge in [-0.15, -0.1) is 20.5 Å². The summed E-state index contributed by atoms with van der Waals surface area (Å²) in [5.41, 5.74) is 2.74. The minimum Gasteiger partial charge on any atom is -0.222 e. The van der Waals surface area contributed by atoms with Crippen molar-refractivity contribution in [2.75, 3.05) is 0 Å². The van der Waals surface area contributed by atoms with E-state index in [2.05, 4.69) is 57.9 Å². The van der Waals surface area contributed by atoms with Crippen molar-refractivity contribution in [1.82, 2.24) is 0 Å². The van der Waals surface area contributed by atoms with E-state index in [4.69, 9.17) is 37.3 Å². The average molecular weight is 383 g/mol. The fourth-order valence-electron chi connectivity index (χ4n) is 1.97. The van der Waals surface area contributed by atoms with Gasteiger partial charge in [-0.25, -0.2) is 37.3 Å². The van der Waals surface area contributed by atoms with E-state index < -0.39 is 20.5 Å². The van der Waals surface area contributed by atoms with Gasteiger partial charge >= 0.3 is 0 Å². The van der Waals surface area contributed by atoms with Crippen molar-refractivity contribution in [2.45, 2.75) is 13.1 Å². The molecule has 1 aliphatic rings. The maximum atomic E-state index is 8.49. The number of rotatable bonds is 0. The van der Waals surface area contributed by atoms with Crippen LogP contribution in [0.3, 0.4) is 0 Å². The summed E-state index contributed by atoms with van der Waals surface area (Å²) in [4.78, 5) is 0. The lowest BCUT2D eigenvalue weighted by atomic mass is 10.2. The summed E-state index contributed by atoms with van der Waals surface area (Å²) in [7, 11) is -9.89. The third kappa shape index (κ3) is 9.64. The lowest BCUT2D eigenvalue weighted by Crippen LogP contribution is -2.68. The summed E-state index contributed by atoms with van der Waals surface area (Å²) in [5, 5.41) is 0. The summed E-state index contributed by atoms with van der Waals surface area (Å²) in [5.74, 6) is 0. The van der Waals surface area contributed by atoms with E-state index in [1.165, 1.54) is 11.4 Å². The summed E-state index contributed by atoms with van der Waals surface area (Å²) in [6.07, 6.45) is 4.29. The molecule has 12 heteroatoms. The van der Waals surface area contributed by atoms with Crippen molar-refractivity contribution in [3.05, 3.63) is 60.2 Å². The van der Waals surface area contributed by atoms with Crippen LogP contribution < -0.4 is 46.4 Å². The number of aromatic nitrogens is 2. The highest BCUT2D eigenvalue weighted by Crippen LogP contribution is 2.01. The van der Waals surface area contributed by atoms with Crippen molar-refractivity contribution in [3.8, 4) is 0 Å². The summed E-state index contributed by atoms with van der Waals surface area (Å²) < 4.78 is 72.5. The van der Waals surface area contributed by atoms with Crippen molar-refractivity contribution in [2.24, 2.45) is 0 Å². The van der Waals surface area contributed by atoms with Crippen molar-refractivity contribution >= 4 is 0 Å². The molecule has 2 aromatic rings. The highest BCUT2D eigenvalue weighted by atomic mass is 35.7. The normalized spacial score (nSPS) is 12.7. The minimum absolute atomic E-state index is 0.983. The molecule has 0 unspecified atom stereocenters. The summed E-state index contributed by atoms with van der Waals surface area (Å²) in [6.45, 7) is 1.97. The van der Waals surface area contributed by atoms with E-state index in [1.54, 1.807) is 0 Å². The first-order chi connectivity index (χ1) is 10.9. The highest BCUT2D eigenvalue weighted by Gasteiger charge is 2.26. The first kappa shape index (κ1) is 20.6. The number of nitrogens with zero attached hydrogens (tertiary/aromatic N) is 2. The molecule has 0 saturated carbocycles. The molecule has 0 fully saturated rings. The number of pyridine rings is 2. The van der Waals surface area contributed by atoms with Gasteiger partial charge in [-0.05, 0) is 12.1 Å². The Morgan fingerprint density at radius 2 is 0.875 bits per heavy atom. The van der Waals surface area contributed by atoms with Gasteiger partial charge in [-0.3, -0.25) is 0 Å². The zero-order valence-corrected chi connectivity index (χ0v) is 13.5. The molecule has 2 aromatic heterocycles. The van der Waals surface area contributed by atoms with Crippen LogP contribution in [0.25, 0.3) is 0 Å². The highest BCUT2D eigenvalue weighted by molar-refractivity contribution is 5.01. The van der Waals surface area contributed by atoms with E-state index in [0.717, 1.165) is 13.1 Å². The quantitative estimate of drug-likeness (QED) is 0.341. The zero-order chi connectivity index (χ0) is 18.4. The molecule has 0 bridgehead atoms. The Labute approximate surface area is 140 Å². The number of hydrogen-bond acceptors (Lipinski definition) is 8. The molecule has 0 aromatic carbocycles. The smallest absolute Gasteiger partial charge is 0.222 e. The fourth-order valence-corrected chi connectivity index (χ4v) is 1.97. The van der Waals surface area contributed by atoms with Gasteiger partial charge < -0.3 is 0 Å². The molecular formula is C12H12Cl2N2O8. The van der Waals surface area contributed by atoms with Crippen molar-refractivity contribution in [3.63, 3.8) is 0 Å². The van der Waals surface area contributed by atoms with E-state index >= 15 is 0 Å². The molecule has 0 radical (unpaired) electrons. The van der Waals surface area contributed by atoms with Gasteiger partial charge in [0.15, 0.2) is 12.4 Å². The second-order valence-corrected chi connectivity index (χ2v) is 5.91. The average Bonchev–Trinajstić information content (AvgIpc) is 2.41. The van der Waals surface area contributed by atoms with Gasteiger partial charge in [0.05, 0.1) is 0 Å². The van der Waals surface area contributed by atoms with Crippen LogP contribution in [0, 0.1) is 20.5 Å². The molecular weight excluding hydrogens is 371 g/mol. The second kappa shape index (κ2) is 8.60. The van der Waals surface area contributed by atoms with Crippen LogP contribution in [0.1, 0.15) is 11.4 Å². The molecule has 3 heterocycles. The van der Waals surface area contributed by atoms with E-state index in [-0.39, 0.29) is 0 Å². The fraction of sp³-hybridized carbons (Fsp3) is 0.167. The van der Waals surface area contributed by atoms with Gasteiger partial charge in [-0.1, -0.05) is 0 Å². The van der Waals surface area contributed by atoms with Gasteiger partial charge in [-0.2, -0.15) is 9.13 Å². The van der Waals surface area contributed by atoms with Crippen LogP contribution in [-0.2, 0) is 13.1 Å². The Morgan fingerprint density at radius 3 is 1.17 bits per heavy atom. The third-order valence-electron chi connectivity index (χ3n) is 2.73. The lowest BCUT2D eigenvalue weighted by Gasteiger charge is -2.17. The summed E-state index contributed by atoms with van der Waals surface area (Å²) in [6, 6.07) is 12.7. The molecule has 0 saturated heterocycles.